The molecule has 1 aromatic rings. The molecular formula is C21H33N6O3PS. The second kappa shape index (κ2) is 13.3. The number of nitrogens with one attached hydrogen (secondary N) is 3. The van der Waals surface area contributed by atoms with E-state index in [9.17, 15) is 5.26 Å². The van der Waals surface area contributed by atoms with Gasteiger partial charge in [0.15, 0.2) is 8.38 Å². The number of rotatable bonds is 13. The van der Waals surface area contributed by atoms with Crippen LogP contribution < -0.4 is 10.6 Å². The van der Waals surface area contributed by atoms with E-state index in [-0.39, 0.29) is 18.2 Å². The van der Waals surface area contributed by atoms with Crippen molar-refractivity contribution in [3.63, 3.8) is 0 Å². The average Bonchev–Trinajstić information content (AvgIpc) is 3.46. The summed E-state index contributed by atoms with van der Waals surface area (Å²) in [4.78, 5) is 8.64. The van der Waals surface area contributed by atoms with Crippen LogP contribution in [0.5, 0.6) is 0 Å². The number of thioether (sulfide) groups is 1. The normalized spacial score (nSPS) is 21.1. The Morgan fingerprint density at radius 1 is 1.16 bits per heavy atom. The van der Waals surface area contributed by atoms with E-state index in [2.05, 4.69) is 20.6 Å². The minimum Gasteiger partial charge on any atom is -0.367 e. The van der Waals surface area contributed by atoms with Crippen LogP contribution in [0, 0.1) is 16.7 Å². The summed E-state index contributed by atoms with van der Waals surface area (Å²) in [5, 5.41) is 24.0. The smallest absolute Gasteiger partial charge is 0.236 e. The lowest BCUT2D eigenvalue weighted by molar-refractivity contribution is 0.0750. The number of nitrogens with zero attached hydrogens (tertiary/aromatic N) is 3. The van der Waals surface area contributed by atoms with Gasteiger partial charge in [-0.2, -0.15) is 5.26 Å². The maximum atomic E-state index is 9.39. The standard InChI is InChI=1S/C21H33N6O3PS/c1-3-28-31(29-4-2)14-32-13-16-9-10-19(30-16)27-21-17(11-22)20(25-18(12-23)26-21)24-15-7-5-6-8-15/h11,15-16,19,22H,3-10,13-14H2,1-2H3,(H2,24,25,26,27). The summed E-state index contributed by atoms with van der Waals surface area (Å²) in [5.74, 6) is 1.98. The molecule has 176 valence electrons. The Kier molecular flexibility index (Phi) is 10.4. The first kappa shape index (κ1) is 25.1. The number of hydrogen-bond acceptors (Lipinski definition) is 10. The largest absolute Gasteiger partial charge is 0.367 e. The molecule has 2 unspecified atom stereocenters. The van der Waals surface area contributed by atoms with Crippen molar-refractivity contribution in [1.82, 2.24) is 9.97 Å². The molecule has 2 aliphatic rings. The van der Waals surface area contributed by atoms with Crippen molar-refractivity contribution < 1.29 is 13.8 Å². The summed E-state index contributed by atoms with van der Waals surface area (Å²) in [6, 6.07) is 2.36. The van der Waals surface area contributed by atoms with Gasteiger partial charge < -0.3 is 29.8 Å². The molecule has 0 bridgehead atoms. The number of aromatic nitrogens is 2. The molecule has 2 atom stereocenters. The van der Waals surface area contributed by atoms with Gasteiger partial charge in [-0.15, -0.1) is 11.8 Å². The summed E-state index contributed by atoms with van der Waals surface area (Å²) in [5.41, 5.74) is 1.40. The van der Waals surface area contributed by atoms with E-state index < -0.39 is 8.38 Å². The molecule has 3 N–H and O–H groups in total. The van der Waals surface area contributed by atoms with Crippen molar-refractivity contribution >= 4 is 38.0 Å². The number of ether oxygens (including phenoxy) is 1. The van der Waals surface area contributed by atoms with Crippen molar-refractivity contribution in [3.05, 3.63) is 11.4 Å². The topological polar surface area (TPSA) is 125 Å². The third-order valence-electron chi connectivity index (χ3n) is 5.34. The Hall–Kier alpha value is -1.50. The van der Waals surface area contributed by atoms with E-state index in [1.807, 2.05) is 19.9 Å². The van der Waals surface area contributed by atoms with E-state index in [0.29, 0.717) is 36.5 Å². The lowest BCUT2D eigenvalue weighted by atomic mass is 10.2. The fraction of sp³-hybridized carbons (Fsp3) is 0.714. The molecule has 1 saturated carbocycles. The molecule has 3 rings (SSSR count). The van der Waals surface area contributed by atoms with Crippen LogP contribution in [0.3, 0.4) is 0 Å². The highest BCUT2D eigenvalue weighted by atomic mass is 32.2. The molecule has 2 heterocycles. The highest BCUT2D eigenvalue weighted by Gasteiger charge is 2.28. The first-order chi connectivity index (χ1) is 15.7. The average molecular weight is 481 g/mol. The Labute approximate surface area is 195 Å². The van der Waals surface area contributed by atoms with Crippen molar-refractivity contribution in [2.75, 3.05) is 35.1 Å². The summed E-state index contributed by atoms with van der Waals surface area (Å²) >= 11 is 1.79. The van der Waals surface area contributed by atoms with Crippen LogP contribution in [0.4, 0.5) is 11.6 Å². The third-order valence-corrected chi connectivity index (χ3v) is 8.61. The number of hydrogen-bond donors (Lipinski definition) is 3. The molecule has 0 spiro atoms. The lowest BCUT2D eigenvalue weighted by Gasteiger charge is -2.20. The van der Waals surface area contributed by atoms with Gasteiger partial charge in [0.25, 0.3) is 0 Å². The number of nitriles is 1. The zero-order chi connectivity index (χ0) is 22.8. The first-order valence-corrected chi connectivity index (χ1v) is 13.8. The van der Waals surface area contributed by atoms with Gasteiger partial charge in [-0.05, 0) is 39.5 Å². The molecule has 2 fully saturated rings. The Bertz CT molecular complexity index is 784. The summed E-state index contributed by atoms with van der Waals surface area (Å²) < 4.78 is 17.5. The van der Waals surface area contributed by atoms with E-state index in [1.54, 1.807) is 11.8 Å². The predicted octanol–water partition coefficient (Wildman–Crippen LogP) is 4.69. The van der Waals surface area contributed by atoms with Gasteiger partial charge in [-0.3, -0.25) is 0 Å². The van der Waals surface area contributed by atoms with E-state index in [1.165, 1.54) is 19.1 Å². The second-order valence-electron chi connectivity index (χ2n) is 7.68. The van der Waals surface area contributed by atoms with Crippen molar-refractivity contribution in [2.45, 2.75) is 70.7 Å². The highest BCUT2D eigenvalue weighted by molar-refractivity contribution is 8.04. The Morgan fingerprint density at radius 3 is 2.47 bits per heavy atom. The van der Waals surface area contributed by atoms with Crippen molar-refractivity contribution in [3.8, 4) is 6.07 Å². The van der Waals surface area contributed by atoms with Gasteiger partial charge in [-0.1, -0.05) is 12.8 Å². The maximum Gasteiger partial charge on any atom is 0.236 e. The quantitative estimate of drug-likeness (QED) is 0.272. The molecule has 1 aliphatic carbocycles. The van der Waals surface area contributed by atoms with Gasteiger partial charge in [0, 0.05) is 18.0 Å². The molecule has 11 heteroatoms. The zero-order valence-electron chi connectivity index (χ0n) is 18.8. The highest BCUT2D eigenvalue weighted by Crippen LogP contribution is 2.42. The third kappa shape index (κ3) is 7.26. The van der Waals surface area contributed by atoms with Gasteiger partial charge in [0.1, 0.15) is 23.9 Å². The van der Waals surface area contributed by atoms with Gasteiger partial charge in [0.05, 0.1) is 30.4 Å². The van der Waals surface area contributed by atoms with Crippen molar-refractivity contribution in [1.29, 1.82) is 10.7 Å². The monoisotopic (exact) mass is 480 g/mol. The molecule has 1 saturated heterocycles. The first-order valence-electron chi connectivity index (χ1n) is 11.3. The summed E-state index contributed by atoms with van der Waals surface area (Å²) in [6.07, 6.45) is 7.47. The van der Waals surface area contributed by atoms with E-state index >= 15 is 0 Å². The molecule has 1 aliphatic heterocycles. The lowest BCUT2D eigenvalue weighted by Crippen LogP contribution is -2.24. The molecule has 1 aromatic heterocycles. The van der Waals surface area contributed by atoms with Crippen LogP contribution in [-0.4, -0.2) is 59.0 Å². The number of anilines is 2. The minimum absolute atomic E-state index is 0.0869. The summed E-state index contributed by atoms with van der Waals surface area (Å²) in [7, 11) is -0.842. The summed E-state index contributed by atoms with van der Waals surface area (Å²) in [6.45, 7) is 5.29. The SMILES string of the molecule is CCOP(CSCC1CCC(Nc2nc(C#N)nc(NC3CCCC3)c2C=N)O1)OCC. The maximum absolute atomic E-state index is 9.39. The van der Waals surface area contributed by atoms with Crippen LogP contribution in [-0.2, 0) is 13.8 Å². The Morgan fingerprint density at radius 2 is 1.84 bits per heavy atom. The van der Waals surface area contributed by atoms with Crippen LogP contribution in [0.25, 0.3) is 0 Å². The fourth-order valence-corrected chi connectivity index (χ4v) is 6.66. The van der Waals surface area contributed by atoms with E-state index in [0.717, 1.165) is 36.9 Å². The van der Waals surface area contributed by atoms with E-state index in [4.69, 9.17) is 19.2 Å². The predicted molar refractivity (Wildman–Crippen MR) is 130 cm³/mol. The second-order valence-corrected chi connectivity index (χ2v) is 10.6. The zero-order valence-corrected chi connectivity index (χ0v) is 20.5. The minimum atomic E-state index is -0.842. The van der Waals surface area contributed by atoms with Gasteiger partial charge >= 0.3 is 0 Å². The van der Waals surface area contributed by atoms with Crippen LogP contribution in [0.1, 0.15) is 63.8 Å². The Balaban J connectivity index is 1.57. The van der Waals surface area contributed by atoms with Gasteiger partial charge in [-0.25, -0.2) is 9.97 Å². The van der Waals surface area contributed by atoms with Crippen LogP contribution in [0.2, 0.25) is 0 Å². The fourth-order valence-electron chi connectivity index (χ4n) is 3.89. The molecule has 32 heavy (non-hydrogen) atoms. The molecule has 0 amide bonds. The van der Waals surface area contributed by atoms with Gasteiger partial charge in [0.2, 0.25) is 5.82 Å². The van der Waals surface area contributed by atoms with Crippen LogP contribution in [0.15, 0.2) is 0 Å². The molecule has 0 radical (unpaired) electrons. The molecule has 0 aromatic carbocycles. The molecule has 9 nitrogen and oxygen atoms in total. The van der Waals surface area contributed by atoms with Crippen LogP contribution >= 0.6 is 20.1 Å². The van der Waals surface area contributed by atoms with Crippen molar-refractivity contribution in [2.24, 2.45) is 0 Å². The molecular weight excluding hydrogens is 447 g/mol.